The predicted octanol–water partition coefficient (Wildman–Crippen LogP) is 3.93. The molecule has 0 aliphatic heterocycles. The summed E-state index contributed by atoms with van der Waals surface area (Å²) in [6.45, 7) is 0. The third-order valence-corrected chi connectivity index (χ3v) is 3.76. The van der Waals surface area contributed by atoms with Gasteiger partial charge in [-0.15, -0.1) is 3.89 Å². The number of halogens is 2. The molecule has 120 valence electrons. The second-order valence-corrected chi connectivity index (χ2v) is 6.00. The van der Waals surface area contributed by atoms with Gasteiger partial charge in [-0.05, 0) is 30.3 Å². The van der Waals surface area contributed by atoms with Gasteiger partial charge in [0.2, 0.25) is 0 Å². The number of aromatic hydroxyl groups is 1. The zero-order chi connectivity index (χ0) is 17.0. The Morgan fingerprint density at radius 3 is 2.48 bits per heavy atom. The highest BCUT2D eigenvalue weighted by atomic mass is 35.5. The van der Waals surface area contributed by atoms with E-state index in [2.05, 4.69) is 15.4 Å². The Bertz CT molecular complexity index is 900. The summed E-state index contributed by atoms with van der Waals surface area (Å²) in [5.74, 6) is -0.297. The predicted molar refractivity (Wildman–Crippen MR) is 81.4 cm³/mol. The zero-order valence-corrected chi connectivity index (χ0v) is 12.8. The molecule has 0 atom stereocenters. The van der Waals surface area contributed by atoms with Crippen molar-refractivity contribution in [2.75, 3.05) is 0 Å². The summed E-state index contributed by atoms with van der Waals surface area (Å²) in [6.07, 6.45) is 0.955. The van der Waals surface area contributed by atoms with Gasteiger partial charge in [-0.1, -0.05) is 22.8 Å². The molecule has 10 heteroatoms. The average molecular weight is 358 g/mol. The Hall–Kier alpha value is -2.52. The largest absolute Gasteiger partial charge is 0.506 e. The van der Waals surface area contributed by atoms with Crippen molar-refractivity contribution in [1.29, 1.82) is 0 Å². The van der Waals surface area contributed by atoms with Crippen LogP contribution in [0.1, 0.15) is 5.56 Å². The molecule has 0 aliphatic rings. The van der Waals surface area contributed by atoms with Crippen LogP contribution in [-0.2, 0) is 10.2 Å². The summed E-state index contributed by atoms with van der Waals surface area (Å²) in [4.78, 5) is -0.536. The number of phenolic OH excluding ortho intramolecular Hbond substituents is 1. The minimum atomic E-state index is -4.84. The third-order valence-electron chi connectivity index (χ3n) is 2.65. The number of hydrogen-bond donors (Lipinski definition) is 2. The summed E-state index contributed by atoms with van der Waals surface area (Å²) in [7, 11) is -4.84. The smallest absolute Gasteiger partial charge is 0.332 e. The van der Waals surface area contributed by atoms with Crippen molar-refractivity contribution in [1.82, 2.24) is 0 Å². The summed E-state index contributed by atoms with van der Waals surface area (Å²) in [6, 6.07) is 7.47. The first-order valence-corrected chi connectivity index (χ1v) is 7.74. The van der Waals surface area contributed by atoms with Gasteiger partial charge in [-0.3, -0.25) is 0 Å². The molecule has 0 spiro atoms. The number of nitrogens with zero attached hydrogens (tertiary/aromatic N) is 3. The molecule has 0 radical (unpaired) electrons. The number of rotatable bonds is 4. The average Bonchev–Trinajstić information content (AvgIpc) is 2.49. The minimum absolute atomic E-state index is 0.0450. The molecule has 2 aromatic carbocycles. The molecule has 0 saturated carbocycles. The molecule has 0 amide bonds. The van der Waals surface area contributed by atoms with Crippen molar-refractivity contribution in [3.63, 3.8) is 0 Å². The van der Waals surface area contributed by atoms with Crippen LogP contribution in [0.3, 0.4) is 0 Å². The highest BCUT2D eigenvalue weighted by molar-refractivity contribution is 7.86. The van der Waals surface area contributed by atoms with Crippen LogP contribution in [0, 0.1) is 0 Å². The van der Waals surface area contributed by atoms with Crippen LogP contribution in [0.4, 0.5) is 15.3 Å². The maximum absolute atomic E-state index is 12.9. The first kappa shape index (κ1) is 16.8. The van der Waals surface area contributed by atoms with Crippen molar-refractivity contribution in [2.45, 2.75) is 4.90 Å². The first-order valence-electron chi connectivity index (χ1n) is 5.97. The molecule has 7 nitrogen and oxygen atoms in total. The van der Waals surface area contributed by atoms with Gasteiger partial charge in [0.05, 0.1) is 22.6 Å². The second-order valence-electron chi connectivity index (χ2n) is 4.25. The van der Waals surface area contributed by atoms with Crippen LogP contribution in [0.5, 0.6) is 5.75 Å². The van der Waals surface area contributed by atoms with E-state index >= 15 is 0 Å². The Kier molecular flexibility index (Phi) is 4.92. The van der Waals surface area contributed by atoms with Crippen LogP contribution in [0.2, 0.25) is 5.02 Å². The maximum Gasteiger partial charge on any atom is 0.332 e. The third kappa shape index (κ3) is 4.24. The molecule has 23 heavy (non-hydrogen) atoms. The Labute approximate surface area is 135 Å². The number of benzene rings is 2. The summed E-state index contributed by atoms with van der Waals surface area (Å²) in [5, 5.41) is 28.5. The van der Waals surface area contributed by atoms with E-state index in [1.54, 1.807) is 0 Å². The summed E-state index contributed by atoms with van der Waals surface area (Å²) < 4.78 is 34.6. The molecule has 0 aromatic heterocycles. The van der Waals surface area contributed by atoms with Gasteiger partial charge in [-0.2, -0.15) is 18.6 Å². The molecule has 0 fully saturated rings. The molecule has 0 unspecified atom stereocenters. The van der Waals surface area contributed by atoms with E-state index in [4.69, 9.17) is 16.8 Å². The monoisotopic (exact) mass is 357 g/mol. The molecular weight excluding hydrogens is 349 g/mol. The summed E-state index contributed by atoms with van der Waals surface area (Å²) in [5.41, 5.74) is 0.413. The van der Waals surface area contributed by atoms with Crippen LogP contribution < -0.4 is 0 Å². The van der Waals surface area contributed by atoms with Crippen LogP contribution >= 0.6 is 11.6 Å². The van der Waals surface area contributed by atoms with E-state index in [1.807, 2.05) is 0 Å². The van der Waals surface area contributed by atoms with Gasteiger partial charge in [0.1, 0.15) is 10.6 Å². The molecule has 0 saturated heterocycles. The van der Waals surface area contributed by atoms with E-state index in [0.29, 0.717) is 0 Å². The lowest BCUT2D eigenvalue weighted by molar-refractivity contribution is 0.321. The van der Waals surface area contributed by atoms with Crippen molar-refractivity contribution in [3.05, 3.63) is 47.0 Å². The number of hydrogen-bond acceptors (Lipinski definition) is 7. The lowest BCUT2D eigenvalue weighted by Gasteiger charge is -2.02. The molecule has 2 rings (SSSR count). The fourth-order valence-corrected chi connectivity index (χ4v) is 2.36. The number of oxime groups is 1. The van der Waals surface area contributed by atoms with Crippen LogP contribution in [0.15, 0.2) is 56.7 Å². The Morgan fingerprint density at radius 2 is 1.83 bits per heavy atom. The highest BCUT2D eigenvalue weighted by Crippen LogP contribution is 2.32. The van der Waals surface area contributed by atoms with Crippen LogP contribution in [0.25, 0.3) is 0 Å². The quantitative estimate of drug-likeness (QED) is 0.284. The Morgan fingerprint density at radius 1 is 1.13 bits per heavy atom. The fraction of sp³-hybridized carbons (Fsp3) is 0. The second kappa shape index (κ2) is 6.71. The molecular formula is C13H9ClFN3O4S. The van der Waals surface area contributed by atoms with Crippen molar-refractivity contribution < 1.29 is 22.6 Å². The maximum atomic E-state index is 12.9. The van der Waals surface area contributed by atoms with Gasteiger partial charge >= 0.3 is 10.2 Å². The topological polar surface area (TPSA) is 112 Å². The van der Waals surface area contributed by atoms with Gasteiger partial charge < -0.3 is 10.3 Å². The Balaban J connectivity index is 2.38. The zero-order valence-electron chi connectivity index (χ0n) is 11.3. The van der Waals surface area contributed by atoms with Crippen molar-refractivity contribution in [3.8, 4) is 5.75 Å². The highest BCUT2D eigenvalue weighted by Gasteiger charge is 2.12. The lowest BCUT2D eigenvalue weighted by Crippen LogP contribution is -1.90. The van der Waals surface area contributed by atoms with Gasteiger partial charge in [0, 0.05) is 5.56 Å². The standard InChI is InChI=1S/C13H9ClFN3O4S/c14-12-6-10(4-8(7-16-20)13(12)19)18-17-9-2-1-3-11(5-9)23(15,21)22/h1-7,19-20H. The number of azo groups is 1. The van der Waals surface area contributed by atoms with Gasteiger partial charge in [-0.25, -0.2) is 0 Å². The molecule has 0 heterocycles. The van der Waals surface area contributed by atoms with Crippen molar-refractivity contribution in [2.24, 2.45) is 15.4 Å². The van der Waals surface area contributed by atoms with E-state index in [9.17, 15) is 17.4 Å². The van der Waals surface area contributed by atoms with Gasteiger partial charge in [0.15, 0.2) is 0 Å². The van der Waals surface area contributed by atoms with E-state index in [-0.39, 0.29) is 27.7 Å². The van der Waals surface area contributed by atoms with E-state index < -0.39 is 15.1 Å². The van der Waals surface area contributed by atoms with E-state index in [0.717, 1.165) is 18.3 Å². The van der Waals surface area contributed by atoms with Crippen molar-refractivity contribution >= 4 is 39.4 Å². The van der Waals surface area contributed by atoms with Crippen LogP contribution in [-0.4, -0.2) is 24.9 Å². The summed E-state index contributed by atoms with van der Waals surface area (Å²) >= 11 is 5.80. The number of phenols is 1. The SMILES string of the molecule is O=S(=O)(F)c1cccc(N=Nc2cc(Cl)c(O)c(C=NO)c2)c1. The van der Waals surface area contributed by atoms with Gasteiger partial charge in [0.25, 0.3) is 0 Å². The normalized spacial score (nSPS) is 12.3. The molecule has 2 N–H and O–H groups in total. The minimum Gasteiger partial charge on any atom is -0.506 e. The lowest BCUT2D eigenvalue weighted by atomic mass is 10.2. The molecule has 0 bridgehead atoms. The fourth-order valence-electron chi connectivity index (χ4n) is 1.64. The first-order chi connectivity index (χ1) is 10.8. The molecule has 0 aliphatic carbocycles. The van der Waals surface area contributed by atoms with E-state index in [1.165, 1.54) is 24.3 Å². The molecule has 2 aromatic rings.